The minimum atomic E-state index is -0.232. The lowest BCUT2D eigenvalue weighted by atomic mass is 9.84. The van der Waals surface area contributed by atoms with Crippen LogP contribution in [0.3, 0.4) is 0 Å². The lowest BCUT2D eigenvalue weighted by Crippen LogP contribution is -2.40. The highest BCUT2D eigenvalue weighted by Gasteiger charge is 2.42. The fourth-order valence-electron chi connectivity index (χ4n) is 5.48. The molecule has 0 saturated heterocycles. The number of amides is 2. The Labute approximate surface area is 207 Å². The van der Waals surface area contributed by atoms with Gasteiger partial charge in [0.15, 0.2) is 5.13 Å². The molecule has 178 valence electrons. The number of nitrogens with one attached hydrogen (secondary N) is 2. The lowest BCUT2D eigenvalue weighted by molar-refractivity contribution is -0.119. The van der Waals surface area contributed by atoms with Gasteiger partial charge >= 0.3 is 0 Å². The Morgan fingerprint density at radius 3 is 2.82 bits per heavy atom. The van der Waals surface area contributed by atoms with Gasteiger partial charge in [-0.3, -0.25) is 14.9 Å². The van der Waals surface area contributed by atoms with Gasteiger partial charge in [0.1, 0.15) is 5.75 Å². The second-order valence-electron chi connectivity index (χ2n) is 9.29. The van der Waals surface area contributed by atoms with Crippen molar-refractivity contribution in [3.05, 3.63) is 48.0 Å². The third-order valence-electron chi connectivity index (χ3n) is 7.13. The molecule has 4 unspecified atom stereocenters. The van der Waals surface area contributed by atoms with Crippen LogP contribution in [0.5, 0.6) is 5.75 Å². The smallest absolute Gasteiger partial charge is 0.258 e. The van der Waals surface area contributed by atoms with Crippen molar-refractivity contribution < 1.29 is 14.3 Å². The summed E-state index contributed by atoms with van der Waals surface area (Å²) in [6, 6.07) is 13.2. The maximum atomic E-state index is 13.0. The second kappa shape index (κ2) is 9.96. The number of thiazole rings is 1. The number of anilines is 1. The number of fused-ring (bicyclic) bond motifs is 3. The molecule has 0 radical (unpaired) electrons. The summed E-state index contributed by atoms with van der Waals surface area (Å²) < 4.78 is 6.21. The van der Waals surface area contributed by atoms with Gasteiger partial charge in [0.05, 0.1) is 28.6 Å². The van der Waals surface area contributed by atoms with Crippen LogP contribution in [-0.4, -0.2) is 35.7 Å². The van der Waals surface area contributed by atoms with Crippen molar-refractivity contribution in [3.8, 4) is 5.75 Å². The minimum Gasteiger partial charge on any atom is -0.497 e. The van der Waals surface area contributed by atoms with Gasteiger partial charge in [-0.2, -0.15) is 0 Å². The van der Waals surface area contributed by atoms with E-state index in [9.17, 15) is 9.59 Å². The Balaban J connectivity index is 1.20. The van der Waals surface area contributed by atoms with Gasteiger partial charge < -0.3 is 10.1 Å². The molecule has 2 aliphatic rings. The Hall–Kier alpha value is -2.58. The molecule has 2 aromatic carbocycles. The number of benzene rings is 2. The zero-order chi connectivity index (χ0) is 23.7. The topological polar surface area (TPSA) is 80.3 Å². The highest BCUT2D eigenvalue weighted by Crippen LogP contribution is 2.49. The summed E-state index contributed by atoms with van der Waals surface area (Å²) in [4.78, 5) is 31.0. The molecule has 1 heterocycles. The summed E-state index contributed by atoms with van der Waals surface area (Å²) in [6.07, 6.45) is 5.27. The van der Waals surface area contributed by atoms with Gasteiger partial charge in [0.2, 0.25) is 5.91 Å². The Kier molecular flexibility index (Phi) is 6.79. The summed E-state index contributed by atoms with van der Waals surface area (Å²) in [5.41, 5.74) is 1.35. The molecule has 0 aliphatic heterocycles. The molecule has 4 atom stereocenters. The van der Waals surface area contributed by atoms with E-state index in [1.807, 2.05) is 36.4 Å². The summed E-state index contributed by atoms with van der Waals surface area (Å²) in [7, 11) is 1.62. The van der Waals surface area contributed by atoms with Crippen LogP contribution in [0.2, 0.25) is 0 Å². The number of hydrogen-bond acceptors (Lipinski definition) is 6. The standard InChI is InChI=1S/C26H29N3O3S2/c1-15(20-12-16-7-8-17(20)11-16)27-24(30)14-33-22-6-4-3-5-19(22)25(31)29-26-28-21-10-9-18(32-2)13-23(21)34-26/h3-6,9-10,13,15-17,20H,7-8,11-12,14H2,1-2H3,(H,27,30)(H,28,29,31). The molecule has 2 aliphatic carbocycles. The average molecular weight is 496 g/mol. The first kappa shape index (κ1) is 23.2. The van der Waals surface area contributed by atoms with E-state index in [1.54, 1.807) is 13.2 Å². The van der Waals surface area contributed by atoms with Gasteiger partial charge in [-0.05, 0) is 74.3 Å². The molecule has 0 spiro atoms. The van der Waals surface area contributed by atoms with Crippen molar-refractivity contribution in [2.45, 2.75) is 43.5 Å². The summed E-state index contributed by atoms with van der Waals surface area (Å²) in [5, 5.41) is 6.66. The van der Waals surface area contributed by atoms with Crippen LogP contribution in [0.4, 0.5) is 5.13 Å². The third kappa shape index (κ3) is 4.93. The van der Waals surface area contributed by atoms with E-state index in [0.29, 0.717) is 16.6 Å². The minimum absolute atomic E-state index is 0.0237. The average Bonchev–Trinajstić information content (AvgIpc) is 3.57. The maximum absolute atomic E-state index is 13.0. The zero-order valence-electron chi connectivity index (χ0n) is 19.4. The quantitative estimate of drug-likeness (QED) is 0.398. The van der Waals surface area contributed by atoms with Crippen molar-refractivity contribution in [2.75, 3.05) is 18.2 Å². The Bertz CT molecular complexity index is 1210. The molecule has 8 heteroatoms. The van der Waals surface area contributed by atoms with Crippen LogP contribution in [0.25, 0.3) is 10.2 Å². The number of methoxy groups -OCH3 is 1. The van der Waals surface area contributed by atoms with Crippen molar-refractivity contribution >= 4 is 50.3 Å². The van der Waals surface area contributed by atoms with Crippen LogP contribution >= 0.6 is 23.1 Å². The first-order valence-corrected chi connectivity index (χ1v) is 13.6. The Morgan fingerprint density at radius 1 is 1.21 bits per heavy atom. The van der Waals surface area contributed by atoms with Crippen LogP contribution in [0.1, 0.15) is 43.0 Å². The molecule has 2 bridgehead atoms. The van der Waals surface area contributed by atoms with E-state index in [4.69, 9.17) is 4.74 Å². The molecule has 34 heavy (non-hydrogen) atoms. The largest absolute Gasteiger partial charge is 0.497 e. The highest BCUT2D eigenvalue weighted by atomic mass is 32.2. The number of aromatic nitrogens is 1. The molecule has 1 aromatic heterocycles. The van der Waals surface area contributed by atoms with E-state index in [0.717, 1.165) is 32.7 Å². The number of ether oxygens (including phenoxy) is 1. The zero-order valence-corrected chi connectivity index (χ0v) is 21.0. The summed E-state index contributed by atoms with van der Waals surface area (Å²) >= 11 is 2.80. The van der Waals surface area contributed by atoms with E-state index in [1.165, 1.54) is 48.8 Å². The van der Waals surface area contributed by atoms with Gasteiger partial charge in [-0.1, -0.05) is 29.9 Å². The van der Waals surface area contributed by atoms with Crippen LogP contribution in [0.15, 0.2) is 47.4 Å². The molecule has 2 amide bonds. The predicted octanol–water partition coefficient (Wildman–Crippen LogP) is 5.59. The van der Waals surface area contributed by atoms with Crippen molar-refractivity contribution in [2.24, 2.45) is 17.8 Å². The number of hydrogen-bond donors (Lipinski definition) is 2. The van der Waals surface area contributed by atoms with Crippen molar-refractivity contribution in [1.29, 1.82) is 0 Å². The first-order valence-electron chi connectivity index (χ1n) is 11.8. The molecule has 6 nitrogen and oxygen atoms in total. The van der Waals surface area contributed by atoms with Crippen molar-refractivity contribution in [1.82, 2.24) is 10.3 Å². The van der Waals surface area contributed by atoms with Gasteiger partial charge in [-0.25, -0.2) is 4.98 Å². The predicted molar refractivity (Wildman–Crippen MR) is 138 cm³/mol. The van der Waals surface area contributed by atoms with E-state index < -0.39 is 0 Å². The molecule has 2 N–H and O–H groups in total. The molecule has 5 rings (SSSR count). The SMILES string of the molecule is COc1ccc2nc(NC(=O)c3ccccc3SCC(=O)NC(C)C3CC4CCC3C4)sc2c1. The van der Waals surface area contributed by atoms with Gasteiger partial charge in [-0.15, -0.1) is 11.8 Å². The molecule has 2 fully saturated rings. The second-order valence-corrected chi connectivity index (χ2v) is 11.3. The molecular formula is C26H29N3O3S2. The van der Waals surface area contributed by atoms with Crippen LogP contribution < -0.4 is 15.4 Å². The number of carbonyl (C=O) groups is 2. The lowest BCUT2D eigenvalue weighted by Gasteiger charge is -2.28. The number of nitrogens with zero attached hydrogens (tertiary/aromatic N) is 1. The summed E-state index contributed by atoms with van der Waals surface area (Å²) in [5.74, 6) is 3.09. The maximum Gasteiger partial charge on any atom is 0.258 e. The van der Waals surface area contributed by atoms with Gasteiger partial charge in [0.25, 0.3) is 5.91 Å². The fraction of sp³-hybridized carbons (Fsp3) is 0.423. The number of carbonyl (C=O) groups excluding carboxylic acids is 2. The van der Waals surface area contributed by atoms with E-state index >= 15 is 0 Å². The number of rotatable bonds is 8. The fourth-order valence-corrected chi connectivity index (χ4v) is 7.23. The Morgan fingerprint density at radius 2 is 2.06 bits per heavy atom. The molecule has 2 saturated carbocycles. The van der Waals surface area contributed by atoms with Gasteiger partial charge in [0, 0.05) is 10.9 Å². The van der Waals surface area contributed by atoms with E-state index in [-0.39, 0.29) is 23.6 Å². The first-order chi connectivity index (χ1) is 16.5. The number of thioether (sulfide) groups is 1. The summed E-state index contributed by atoms with van der Waals surface area (Å²) in [6.45, 7) is 2.14. The van der Waals surface area contributed by atoms with Crippen LogP contribution in [-0.2, 0) is 4.79 Å². The van der Waals surface area contributed by atoms with Crippen molar-refractivity contribution in [3.63, 3.8) is 0 Å². The molecule has 3 aromatic rings. The normalized spacial score (nSPS) is 22.0. The monoisotopic (exact) mass is 495 g/mol. The molecular weight excluding hydrogens is 466 g/mol. The van der Waals surface area contributed by atoms with Crippen LogP contribution in [0, 0.1) is 17.8 Å². The highest BCUT2D eigenvalue weighted by molar-refractivity contribution is 8.00. The third-order valence-corrected chi connectivity index (χ3v) is 9.14. The van der Waals surface area contributed by atoms with E-state index in [2.05, 4.69) is 22.5 Å².